The van der Waals surface area contributed by atoms with Crippen LogP contribution >= 0.6 is 11.6 Å². The third kappa shape index (κ3) is 3.04. The molecule has 1 atom stereocenters. The largest absolute Gasteiger partial charge is 0.345 e. The van der Waals surface area contributed by atoms with Crippen LogP contribution in [0.1, 0.15) is 30.3 Å². The van der Waals surface area contributed by atoms with E-state index in [1.54, 1.807) is 23.9 Å². The molecule has 0 saturated heterocycles. The number of carbonyl (C=O) groups is 1. The van der Waals surface area contributed by atoms with Crippen molar-refractivity contribution in [2.75, 3.05) is 0 Å². The Morgan fingerprint density at radius 2 is 2.44 bits per heavy atom. The van der Waals surface area contributed by atoms with Gasteiger partial charge < -0.3 is 9.88 Å². The summed E-state index contributed by atoms with van der Waals surface area (Å²) in [6.45, 7) is 2.02. The fourth-order valence-corrected chi connectivity index (χ4v) is 1.72. The van der Waals surface area contributed by atoms with Gasteiger partial charge in [0.1, 0.15) is 5.69 Å². The molecule has 1 unspecified atom stereocenters. The fraction of sp³-hybridized carbons (Fsp3) is 0.417. The van der Waals surface area contributed by atoms with Crippen LogP contribution in [0.25, 0.3) is 0 Å². The molecule has 0 aromatic carbocycles. The Morgan fingerprint density at radius 3 is 2.88 bits per heavy atom. The van der Waals surface area contributed by atoms with Crippen LogP contribution in [0.2, 0.25) is 5.02 Å². The average Bonchev–Trinajstić information content (AvgIpc) is 2.57. The first-order valence-corrected chi connectivity index (χ1v) is 5.55. The van der Waals surface area contributed by atoms with Gasteiger partial charge in [-0.2, -0.15) is 0 Å². The molecule has 16 heavy (non-hydrogen) atoms. The minimum Gasteiger partial charge on any atom is -0.345 e. The summed E-state index contributed by atoms with van der Waals surface area (Å²) in [5.74, 6) is 2.37. The van der Waals surface area contributed by atoms with Crippen LogP contribution in [0, 0.1) is 12.3 Å². The Hall–Kier alpha value is -1.40. The first-order chi connectivity index (χ1) is 7.58. The third-order valence-corrected chi connectivity index (χ3v) is 2.49. The number of hydrogen-bond acceptors (Lipinski definition) is 1. The number of rotatable bonds is 4. The Kier molecular flexibility index (Phi) is 4.45. The maximum Gasteiger partial charge on any atom is 0.268 e. The topological polar surface area (TPSA) is 34.0 Å². The highest BCUT2D eigenvalue weighted by molar-refractivity contribution is 6.31. The highest BCUT2D eigenvalue weighted by Gasteiger charge is 2.14. The highest BCUT2D eigenvalue weighted by atomic mass is 35.5. The van der Waals surface area contributed by atoms with Crippen molar-refractivity contribution in [3.63, 3.8) is 0 Å². The van der Waals surface area contributed by atoms with Gasteiger partial charge in [-0.3, -0.25) is 4.79 Å². The van der Waals surface area contributed by atoms with Crippen LogP contribution in [0.15, 0.2) is 12.3 Å². The predicted octanol–water partition coefficient (Wildman–Crippen LogP) is 2.21. The first kappa shape index (κ1) is 12.7. The van der Waals surface area contributed by atoms with Gasteiger partial charge in [-0.1, -0.05) is 30.9 Å². The number of aryl methyl sites for hydroxylation is 1. The Balaban J connectivity index is 2.72. The molecule has 4 heteroatoms. The molecule has 0 radical (unpaired) electrons. The van der Waals surface area contributed by atoms with Gasteiger partial charge in [0.05, 0.1) is 11.1 Å². The monoisotopic (exact) mass is 238 g/mol. The van der Waals surface area contributed by atoms with Crippen molar-refractivity contribution in [1.82, 2.24) is 9.88 Å². The van der Waals surface area contributed by atoms with E-state index in [1.807, 2.05) is 6.92 Å². The van der Waals surface area contributed by atoms with Gasteiger partial charge in [0.2, 0.25) is 0 Å². The Morgan fingerprint density at radius 1 is 1.75 bits per heavy atom. The molecule has 1 aromatic heterocycles. The number of carbonyl (C=O) groups excluding carboxylic acids is 1. The van der Waals surface area contributed by atoms with E-state index in [0.717, 1.165) is 12.8 Å². The minimum absolute atomic E-state index is 0.189. The van der Waals surface area contributed by atoms with E-state index >= 15 is 0 Å². The standard InChI is InChI=1S/C12H15ClN2O/c1-4-6-10(5-2)14-12(16)11-7-9(13)8-15(11)3/h2,7-8,10H,4,6H2,1,3H3,(H,14,16). The number of hydrogen-bond donors (Lipinski definition) is 1. The van der Waals surface area contributed by atoms with E-state index in [0.29, 0.717) is 10.7 Å². The van der Waals surface area contributed by atoms with Gasteiger partial charge in [0.15, 0.2) is 0 Å². The van der Waals surface area contributed by atoms with Crippen LogP contribution in [0.4, 0.5) is 0 Å². The van der Waals surface area contributed by atoms with E-state index in [1.165, 1.54) is 0 Å². The fourth-order valence-electron chi connectivity index (χ4n) is 1.47. The summed E-state index contributed by atoms with van der Waals surface area (Å²) in [5.41, 5.74) is 0.515. The molecule has 0 aliphatic heterocycles. The maximum absolute atomic E-state index is 11.8. The lowest BCUT2D eigenvalue weighted by Crippen LogP contribution is -2.34. The molecule has 0 spiro atoms. The zero-order valence-corrected chi connectivity index (χ0v) is 10.2. The molecule has 0 aliphatic carbocycles. The first-order valence-electron chi connectivity index (χ1n) is 5.17. The molecule has 1 heterocycles. The zero-order valence-electron chi connectivity index (χ0n) is 9.46. The number of nitrogens with one attached hydrogen (secondary N) is 1. The van der Waals surface area contributed by atoms with Crippen LogP contribution in [0.3, 0.4) is 0 Å². The predicted molar refractivity (Wildman–Crippen MR) is 65.4 cm³/mol. The summed E-state index contributed by atoms with van der Waals surface area (Å²) < 4.78 is 1.68. The van der Waals surface area contributed by atoms with E-state index in [-0.39, 0.29) is 11.9 Å². The van der Waals surface area contributed by atoms with Crippen LogP contribution < -0.4 is 5.32 Å². The van der Waals surface area contributed by atoms with Crippen molar-refractivity contribution in [3.05, 3.63) is 23.0 Å². The lowest BCUT2D eigenvalue weighted by molar-refractivity contribution is 0.0936. The van der Waals surface area contributed by atoms with Crippen molar-refractivity contribution in [2.45, 2.75) is 25.8 Å². The van der Waals surface area contributed by atoms with Crippen LogP contribution in [-0.2, 0) is 7.05 Å². The second kappa shape index (κ2) is 5.62. The number of terminal acetylenes is 1. The maximum atomic E-state index is 11.8. The van der Waals surface area contributed by atoms with Crippen molar-refractivity contribution in [2.24, 2.45) is 7.05 Å². The summed E-state index contributed by atoms with van der Waals surface area (Å²) in [7, 11) is 1.77. The lowest BCUT2D eigenvalue weighted by Gasteiger charge is -2.12. The van der Waals surface area contributed by atoms with Gasteiger partial charge in [-0.05, 0) is 12.5 Å². The summed E-state index contributed by atoms with van der Waals surface area (Å²) in [6, 6.07) is 1.40. The van der Waals surface area contributed by atoms with Crippen molar-refractivity contribution >= 4 is 17.5 Å². The summed E-state index contributed by atoms with van der Waals surface area (Å²) in [5, 5.41) is 3.33. The molecule has 86 valence electrons. The molecule has 3 nitrogen and oxygen atoms in total. The zero-order chi connectivity index (χ0) is 12.1. The molecule has 0 bridgehead atoms. The van der Waals surface area contributed by atoms with E-state index in [2.05, 4.69) is 11.2 Å². The van der Waals surface area contributed by atoms with E-state index in [4.69, 9.17) is 18.0 Å². The summed E-state index contributed by atoms with van der Waals surface area (Å²) in [6.07, 6.45) is 8.72. The molecule has 1 aromatic rings. The number of halogens is 1. The molecule has 0 saturated carbocycles. The second-order valence-electron chi connectivity index (χ2n) is 3.64. The van der Waals surface area contributed by atoms with Gasteiger partial charge in [-0.25, -0.2) is 0 Å². The van der Waals surface area contributed by atoms with E-state index < -0.39 is 0 Å². The molecule has 1 N–H and O–H groups in total. The molecule has 1 amide bonds. The van der Waals surface area contributed by atoms with Crippen LogP contribution in [0.5, 0.6) is 0 Å². The molecule has 0 aliphatic rings. The smallest absolute Gasteiger partial charge is 0.268 e. The molecule has 0 fully saturated rings. The number of nitrogens with zero attached hydrogens (tertiary/aromatic N) is 1. The van der Waals surface area contributed by atoms with Crippen LogP contribution in [-0.4, -0.2) is 16.5 Å². The van der Waals surface area contributed by atoms with Gasteiger partial charge >= 0.3 is 0 Å². The Labute approximate surface area is 101 Å². The molecular formula is C12H15ClN2O. The van der Waals surface area contributed by atoms with Gasteiger partial charge in [-0.15, -0.1) is 6.42 Å². The van der Waals surface area contributed by atoms with Gasteiger partial charge in [0.25, 0.3) is 5.91 Å². The second-order valence-corrected chi connectivity index (χ2v) is 4.07. The Bertz CT molecular complexity index is 417. The van der Waals surface area contributed by atoms with E-state index in [9.17, 15) is 4.79 Å². The molecular weight excluding hydrogens is 224 g/mol. The molecule has 1 rings (SSSR count). The van der Waals surface area contributed by atoms with Crippen molar-refractivity contribution in [1.29, 1.82) is 0 Å². The van der Waals surface area contributed by atoms with Crippen molar-refractivity contribution < 1.29 is 4.79 Å². The van der Waals surface area contributed by atoms with Gasteiger partial charge in [0, 0.05) is 13.2 Å². The minimum atomic E-state index is -0.217. The highest BCUT2D eigenvalue weighted by Crippen LogP contribution is 2.12. The third-order valence-electron chi connectivity index (χ3n) is 2.29. The number of amides is 1. The number of aromatic nitrogens is 1. The summed E-state index contributed by atoms with van der Waals surface area (Å²) >= 11 is 5.80. The SMILES string of the molecule is C#CC(CCC)NC(=O)c1cc(Cl)cn1C. The summed E-state index contributed by atoms with van der Waals surface area (Å²) in [4.78, 5) is 11.8. The van der Waals surface area contributed by atoms with Crippen molar-refractivity contribution in [3.8, 4) is 12.3 Å². The quantitative estimate of drug-likeness (QED) is 0.802. The lowest BCUT2D eigenvalue weighted by atomic mass is 10.2. The normalized spacial score (nSPS) is 11.9. The average molecular weight is 239 g/mol.